The highest BCUT2D eigenvalue weighted by Crippen LogP contribution is 2.34. The van der Waals surface area contributed by atoms with E-state index in [0.717, 1.165) is 6.54 Å². The van der Waals surface area contributed by atoms with E-state index >= 15 is 0 Å². The van der Waals surface area contributed by atoms with Gasteiger partial charge in [-0.2, -0.15) is 0 Å². The zero-order valence-electron chi connectivity index (χ0n) is 12.4. The van der Waals surface area contributed by atoms with Crippen molar-refractivity contribution < 1.29 is 0 Å². The molecule has 0 radical (unpaired) electrons. The second kappa shape index (κ2) is 7.06. The van der Waals surface area contributed by atoms with Gasteiger partial charge in [-0.05, 0) is 57.3 Å². The molecule has 0 aromatic heterocycles. The highest BCUT2D eigenvalue weighted by atomic mass is 15.2. The Labute approximate surface area is 118 Å². The van der Waals surface area contributed by atoms with Gasteiger partial charge in [-0.3, -0.25) is 4.90 Å². The van der Waals surface area contributed by atoms with E-state index in [4.69, 9.17) is 5.73 Å². The Kier molecular flexibility index (Phi) is 5.41. The molecule has 106 valence electrons. The minimum Gasteiger partial charge on any atom is -0.330 e. The van der Waals surface area contributed by atoms with Crippen LogP contribution in [0, 0.1) is 12.8 Å². The van der Waals surface area contributed by atoms with Crippen molar-refractivity contribution in [3.05, 3.63) is 35.4 Å². The van der Waals surface area contributed by atoms with E-state index in [1.165, 1.54) is 49.9 Å². The molecule has 2 atom stereocenters. The molecular weight excluding hydrogens is 232 g/mol. The van der Waals surface area contributed by atoms with Gasteiger partial charge in [0, 0.05) is 6.04 Å². The minimum atomic E-state index is 0.521. The van der Waals surface area contributed by atoms with Crippen molar-refractivity contribution >= 4 is 0 Å². The second-order valence-electron chi connectivity index (χ2n) is 5.88. The standard InChI is InChI=1S/C17H28N2/c1-3-11-19-12-5-4-6-16(13-18)17(19)15-9-7-14(2)8-10-15/h7-10,16-17H,3-6,11-13,18H2,1-2H3. The normalized spacial score (nSPS) is 25.2. The van der Waals surface area contributed by atoms with Crippen LogP contribution in [-0.2, 0) is 0 Å². The molecule has 2 nitrogen and oxygen atoms in total. The molecule has 2 N–H and O–H groups in total. The summed E-state index contributed by atoms with van der Waals surface area (Å²) in [5.74, 6) is 0.608. The molecule has 2 unspecified atom stereocenters. The lowest BCUT2D eigenvalue weighted by molar-refractivity contribution is 0.158. The van der Waals surface area contributed by atoms with Crippen LogP contribution in [0.1, 0.15) is 49.8 Å². The fourth-order valence-electron chi connectivity index (χ4n) is 3.35. The van der Waals surface area contributed by atoms with Crippen LogP contribution in [0.3, 0.4) is 0 Å². The van der Waals surface area contributed by atoms with Crippen LogP contribution < -0.4 is 5.73 Å². The van der Waals surface area contributed by atoms with Crippen LogP contribution in [0.2, 0.25) is 0 Å². The van der Waals surface area contributed by atoms with E-state index in [1.807, 2.05) is 0 Å². The molecule has 0 spiro atoms. The van der Waals surface area contributed by atoms with Crippen molar-refractivity contribution in [1.29, 1.82) is 0 Å². The van der Waals surface area contributed by atoms with E-state index in [9.17, 15) is 0 Å². The average Bonchev–Trinajstić information content (AvgIpc) is 2.62. The van der Waals surface area contributed by atoms with Gasteiger partial charge in [-0.25, -0.2) is 0 Å². The summed E-state index contributed by atoms with van der Waals surface area (Å²) in [6.07, 6.45) is 5.14. The van der Waals surface area contributed by atoms with Gasteiger partial charge < -0.3 is 5.73 Å². The van der Waals surface area contributed by atoms with E-state index < -0.39 is 0 Å². The molecule has 1 fully saturated rings. The van der Waals surface area contributed by atoms with Crippen LogP contribution in [0.5, 0.6) is 0 Å². The third-order valence-corrected chi connectivity index (χ3v) is 4.34. The Hall–Kier alpha value is -0.860. The summed E-state index contributed by atoms with van der Waals surface area (Å²) in [7, 11) is 0. The topological polar surface area (TPSA) is 29.3 Å². The lowest BCUT2D eigenvalue weighted by Gasteiger charge is -2.35. The second-order valence-corrected chi connectivity index (χ2v) is 5.88. The summed E-state index contributed by atoms with van der Waals surface area (Å²) in [6, 6.07) is 9.59. The predicted octanol–water partition coefficient (Wildman–Crippen LogP) is 3.51. The summed E-state index contributed by atoms with van der Waals surface area (Å²) in [4.78, 5) is 2.66. The molecule has 0 amide bonds. The smallest absolute Gasteiger partial charge is 0.0388 e. The highest BCUT2D eigenvalue weighted by Gasteiger charge is 2.29. The first-order valence-electron chi connectivity index (χ1n) is 7.77. The van der Waals surface area contributed by atoms with Crippen molar-refractivity contribution in [3.63, 3.8) is 0 Å². The third-order valence-electron chi connectivity index (χ3n) is 4.34. The fraction of sp³-hybridized carbons (Fsp3) is 0.647. The molecule has 1 aromatic rings. The zero-order valence-corrected chi connectivity index (χ0v) is 12.4. The molecule has 1 aromatic carbocycles. The van der Waals surface area contributed by atoms with Gasteiger partial charge in [-0.1, -0.05) is 43.2 Å². The maximum absolute atomic E-state index is 6.06. The lowest BCUT2D eigenvalue weighted by atomic mass is 9.89. The number of aryl methyl sites for hydroxylation is 1. The minimum absolute atomic E-state index is 0.521. The zero-order chi connectivity index (χ0) is 13.7. The molecule has 1 aliphatic rings. The lowest BCUT2D eigenvalue weighted by Crippen LogP contribution is -2.36. The molecule has 0 saturated carbocycles. The Morgan fingerprint density at radius 3 is 2.58 bits per heavy atom. The van der Waals surface area contributed by atoms with Gasteiger partial charge in [0.25, 0.3) is 0 Å². The fourth-order valence-corrected chi connectivity index (χ4v) is 3.35. The van der Waals surface area contributed by atoms with Gasteiger partial charge in [0.2, 0.25) is 0 Å². The van der Waals surface area contributed by atoms with Crippen molar-refractivity contribution in [2.24, 2.45) is 11.7 Å². The third kappa shape index (κ3) is 3.58. The average molecular weight is 260 g/mol. The van der Waals surface area contributed by atoms with E-state index in [0.29, 0.717) is 12.0 Å². The Balaban J connectivity index is 2.28. The van der Waals surface area contributed by atoms with Gasteiger partial charge in [0.15, 0.2) is 0 Å². The number of rotatable bonds is 4. The highest BCUT2D eigenvalue weighted by molar-refractivity contribution is 5.25. The van der Waals surface area contributed by atoms with Crippen molar-refractivity contribution in [2.45, 2.75) is 45.6 Å². The number of nitrogens with two attached hydrogens (primary N) is 1. The van der Waals surface area contributed by atoms with E-state index in [-0.39, 0.29) is 0 Å². The molecule has 19 heavy (non-hydrogen) atoms. The number of hydrogen-bond acceptors (Lipinski definition) is 2. The van der Waals surface area contributed by atoms with Gasteiger partial charge in [0.1, 0.15) is 0 Å². The number of hydrogen-bond donors (Lipinski definition) is 1. The summed E-state index contributed by atoms with van der Waals surface area (Å²) in [6.45, 7) is 7.65. The van der Waals surface area contributed by atoms with E-state index in [1.54, 1.807) is 0 Å². The molecule has 1 aliphatic heterocycles. The quantitative estimate of drug-likeness (QED) is 0.897. The summed E-state index contributed by atoms with van der Waals surface area (Å²) < 4.78 is 0. The molecule has 0 aliphatic carbocycles. The maximum Gasteiger partial charge on any atom is 0.0388 e. The summed E-state index contributed by atoms with van der Waals surface area (Å²) in [5.41, 5.74) is 8.85. The van der Waals surface area contributed by atoms with Crippen LogP contribution in [0.25, 0.3) is 0 Å². The van der Waals surface area contributed by atoms with Crippen LogP contribution >= 0.6 is 0 Å². The first-order valence-corrected chi connectivity index (χ1v) is 7.77. The van der Waals surface area contributed by atoms with Crippen molar-refractivity contribution in [1.82, 2.24) is 4.90 Å². The van der Waals surface area contributed by atoms with Crippen molar-refractivity contribution in [3.8, 4) is 0 Å². The van der Waals surface area contributed by atoms with Gasteiger partial charge in [0.05, 0.1) is 0 Å². The Bertz CT molecular complexity index is 371. The van der Waals surface area contributed by atoms with Crippen LogP contribution in [0.15, 0.2) is 24.3 Å². The molecule has 0 bridgehead atoms. The first kappa shape index (κ1) is 14.5. The van der Waals surface area contributed by atoms with Crippen molar-refractivity contribution in [2.75, 3.05) is 19.6 Å². The van der Waals surface area contributed by atoms with Gasteiger partial charge in [-0.15, -0.1) is 0 Å². The number of likely N-dealkylation sites (tertiary alicyclic amines) is 1. The largest absolute Gasteiger partial charge is 0.330 e. The molecule has 1 heterocycles. The van der Waals surface area contributed by atoms with Crippen LogP contribution in [0.4, 0.5) is 0 Å². The molecule has 2 heteroatoms. The monoisotopic (exact) mass is 260 g/mol. The van der Waals surface area contributed by atoms with Gasteiger partial charge >= 0.3 is 0 Å². The van der Waals surface area contributed by atoms with Crippen LogP contribution in [-0.4, -0.2) is 24.5 Å². The molecular formula is C17H28N2. The predicted molar refractivity (Wildman–Crippen MR) is 82.2 cm³/mol. The summed E-state index contributed by atoms with van der Waals surface area (Å²) >= 11 is 0. The molecule has 2 rings (SSSR count). The number of nitrogens with zero attached hydrogens (tertiary/aromatic N) is 1. The Morgan fingerprint density at radius 1 is 1.21 bits per heavy atom. The first-order chi connectivity index (χ1) is 9.26. The SMILES string of the molecule is CCCN1CCCCC(CN)C1c1ccc(C)cc1. The maximum atomic E-state index is 6.06. The summed E-state index contributed by atoms with van der Waals surface area (Å²) in [5, 5.41) is 0. The Morgan fingerprint density at radius 2 is 1.95 bits per heavy atom. The molecule has 1 saturated heterocycles. The van der Waals surface area contributed by atoms with E-state index in [2.05, 4.69) is 43.0 Å². The number of benzene rings is 1.